The third-order valence-electron chi connectivity index (χ3n) is 2.52. The second-order valence-electron chi connectivity index (χ2n) is 4.16. The number of carbonyl (C=O) groups is 2. The van der Waals surface area contributed by atoms with Crippen LogP contribution < -0.4 is 5.32 Å². The summed E-state index contributed by atoms with van der Waals surface area (Å²) in [5, 5.41) is 11.3. The van der Waals surface area contributed by atoms with E-state index in [1.807, 2.05) is 0 Å². The average Bonchev–Trinajstić information content (AvgIpc) is 2.26. The number of hydrogen-bond acceptors (Lipinski definition) is 2. The summed E-state index contributed by atoms with van der Waals surface area (Å²) in [5.74, 6) is -1.50. The van der Waals surface area contributed by atoms with Crippen molar-refractivity contribution in [2.75, 3.05) is 0 Å². The van der Waals surface area contributed by atoms with Gasteiger partial charge in [0.15, 0.2) is 0 Å². The van der Waals surface area contributed by atoms with Crippen LogP contribution in [0.4, 0.5) is 4.39 Å². The number of halogens is 1. The highest BCUT2D eigenvalue weighted by Gasteiger charge is 2.14. The molecule has 0 aliphatic heterocycles. The van der Waals surface area contributed by atoms with Crippen molar-refractivity contribution in [1.82, 2.24) is 5.32 Å². The van der Waals surface area contributed by atoms with Crippen LogP contribution in [-0.4, -0.2) is 23.0 Å². The van der Waals surface area contributed by atoms with Crippen molar-refractivity contribution >= 4 is 11.9 Å². The summed E-state index contributed by atoms with van der Waals surface area (Å²) in [6.45, 7) is 1.35. The zero-order chi connectivity index (χ0) is 13.5. The fourth-order valence-corrected chi connectivity index (χ4v) is 1.72. The van der Waals surface area contributed by atoms with Crippen molar-refractivity contribution < 1.29 is 19.1 Å². The van der Waals surface area contributed by atoms with Crippen molar-refractivity contribution in [3.63, 3.8) is 0 Å². The van der Waals surface area contributed by atoms with E-state index in [4.69, 9.17) is 5.11 Å². The van der Waals surface area contributed by atoms with Gasteiger partial charge in [-0.3, -0.25) is 9.59 Å². The number of nitrogens with one attached hydrogen (secondary N) is 1. The minimum Gasteiger partial charge on any atom is -0.481 e. The first-order chi connectivity index (χ1) is 8.47. The molecule has 0 aromatic heterocycles. The molecule has 0 aliphatic carbocycles. The molecule has 4 nitrogen and oxygen atoms in total. The Morgan fingerprint density at radius 2 is 1.94 bits per heavy atom. The summed E-state index contributed by atoms with van der Waals surface area (Å²) in [4.78, 5) is 21.6. The second kappa shape index (κ2) is 6.74. The molecule has 0 unspecified atom stereocenters. The monoisotopic (exact) mass is 253 g/mol. The Kier molecular flexibility index (Phi) is 5.30. The number of carbonyl (C=O) groups excluding carboxylic acids is 1. The smallest absolute Gasteiger partial charge is 0.305 e. The maximum Gasteiger partial charge on any atom is 0.305 e. The predicted octanol–water partition coefficient (Wildman–Crippen LogP) is 1.74. The van der Waals surface area contributed by atoms with E-state index in [1.165, 1.54) is 19.1 Å². The van der Waals surface area contributed by atoms with Gasteiger partial charge in [-0.1, -0.05) is 12.1 Å². The van der Waals surface area contributed by atoms with Crippen LogP contribution in [0.5, 0.6) is 0 Å². The van der Waals surface area contributed by atoms with Gasteiger partial charge in [-0.05, 0) is 30.5 Å². The molecule has 18 heavy (non-hydrogen) atoms. The van der Waals surface area contributed by atoms with Crippen LogP contribution in [0.15, 0.2) is 24.3 Å². The molecule has 0 bridgehead atoms. The number of rotatable bonds is 6. The van der Waals surface area contributed by atoms with Gasteiger partial charge in [0.05, 0.1) is 6.42 Å². The first kappa shape index (κ1) is 14.2. The van der Waals surface area contributed by atoms with Gasteiger partial charge in [-0.25, -0.2) is 4.39 Å². The fourth-order valence-electron chi connectivity index (χ4n) is 1.72. The minimum atomic E-state index is -0.951. The molecule has 0 saturated carbocycles. The normalized spacial score (nSPS) is 11.9. The number of benzene rings is 1. The molecule has 1 atom stereocenters. The summed E-state index contributed by atoms with van der Waals surface area (Å²) in [6, 6.07) is 5.63. The Labute approximate surface area is 105 Å². The Hall–Kier alpha value is -1.91. The van der Waals surface area contributed by atoms with Crippen LogP contribution in [0, 0.1) is 5.82 Å². The molecule has 2 N–H and O–H groups in total. The van der Waals surface area contributed by atoms with E-state index in [2.05, 4.69) is 5.32 Å². The van der Waals surface area contributed by atoms with E-state index in [-0.39, 0.29) is 18.1 Å². The summed E-state index contributed by atoms with van der Waals surface area (Å²) < 4.78 is 12.7. The molecule has 1 aromatic carbocycles. The Morgan fingerprint density at radius 1 is 1.33 bits per heavy atom. The molecule has 5 heteroatoms. The standard InChI is InChI=1S/C13H16FNO3/c1-9(16)15-12(8-13(17)18)7-4-10-2-5-11(14)6-3-10/h2-3,5-6,12H,4,7-8H2,1H3,(H,15,16)(H,17,18)/t12-/m1/s1. The van der Waals surface area contributed by atoms with E-state index < -0.39 is 12.0 Å². The Morgan fingerprint density at radius 3 is 2.44 bits per heavy atom. The predicted molar refractivity (Wildman–Crippen MR) is 64.6 cm³/mol. The molecule has 0 aliphatic rings. The number of amides is 1. The van der Waals surface area contributed by atoms with E-state index in [1.54, 1.807) is 12.1 Å². The molecule has 0 radical (unpaired) electrons. The van der Waals surface area contributed by atoms with Crippen LogP contribution in [-0.2, 0) is 16.0 Å². The van der Waals surface area contributed by atoms with Crippen LogP contribution in [0.25, 0.3) is 0 Å². The topological polar surface area (TPSA) is 66.4 Å². The zero-order valence-corrected chi connectivity index (χ0v) is 10.1. The van der Waals surface area contributed by atoms with Gasteiger partial charge in [0, 0.05) is 13.0 Å². The number of hydrogen-bond donors (Lipinski definition) is 2. The molecular formula is C13H16FNO3. The first-order valence-corrected chi connectivity index (χ1v) is 5.70. The number of carboxylic acid groups (broad SMARTS) is 1. The highest BCUT2D eigenvalue weighted by Crippen LogP contribution is 2.09. The highest BCUT2D eigenvalue weighted by molar-refractivity contribution is 5.74. The molecule has 1 amide bonds. The molecule has 0 saturated heterocycles. The highest BCUT2D eigenvalue weighted by atomic mass is 19.1. The quantitative estimate of drug-likeness (QED) is 0.811. The largest absolute Gasteiger partial charge is 0.481 e. The van der Waals surface area contributed by atoms with Crippen molar-refractivity contribution in [2.45, 2.75) is 32.2 Å². The fraction of sp³-hybridized carbons (Fsp3) is 0.385. The lowest BCUT2D eigenvalue weighted by Crippen LogP contribution is -2.35. The molecule has 0 heterocycles. The van der Waals surface area contributed by atoms with Crippen molar-refractivity contribution in [3.05, 3.63) is 35.6 Å². The molecule has 1 aromatic rings. The van der Waals surface area contributed by atoms with Gasteiger partial charge in [0.25, 0.3) is 0 Å². The van der Waals surface area contributed by atoms with Crippen molar-refractivity contribution in [2.24, 2.45) is 0 Å². The van der Waals surface area contributed by atoms with Crippen molar-refractivity contribution in [1.29, 1.82) is 0 Å². The van der Waals surface area contributed by atoms with Gasteiger partial charge < -0.3 is 10.4 Å². The average molecular weight is 253 g/mol. The first-order valence-electron chi connectivity index (χ1n) is 5.70. The summed E-state index contributed by atoms with van der Waals surface area (Å²) in [6.07, 6.45) is 0.997. The Balaban J connectivity index is 2.52. The van der Waals surface area contributed by atoms with E-state index in [0.29, 0.717) is 12.8 Å². The van der Waals surface area contributed by atoms with Crippen LogP contribution in [0.2, 0.25) is 0 Å². The van der Waals surface area contributed by atoms with E-state index in [9.17, 15) is 14.0 Å². The molecule has 0 fully saturated rings. The van der Waals surface area contributed by atoms with Crippen molar-refractivity contribution in [3.8, 4) is 0 Å². The lowest BCUT2D eigenvalue weighted by atomic mass is 10.0. The van der Waals surface area contributed by atoms with Crippen LogP contribution in [0.1, 0.15) is 25.3 Å². The maximum absolute atomic E-state index is 12.7. The number of aryl methyl sites for hydroxylation is 1. The molecule has 1 rings (SSSR count). The SMILES string of the molecule is CC(=O)N[C@H](CCc1ccc(F)cc1)CC(=O)O. The Bertz CT molecular complexity index is 401. The molecule has 98 valence electrons. The van der Waals surface area contributed by atoms with E-state index in [0.717, 1.165) is 5.56 Å². The second-order valence-corrected chi connectivity index (χ2v) is 4.16. The lowest BCUT2D eigenvalue weighted by molar-refractivity contribution is -0.137. The number of carboxylic acids is 1. The van der Waals surface area contributed by atoms with Gasteiger partial charge in [-0.15, -0.1) is 0 Å². The van der Waals surface area contributed by atoms with Gasteiger partial charge in [0.2, 0.25) is 5.91 Å². The maximum atomic E-state index is 12.7. The van der Waals surface area contributed by atoms with E-state index >= 15 is 0 Å². The minimum absolute atomic E-state index is 0.110. The zero-order valence-electron chi connectivity index (χ0n) is 10.1. The third kappa shape index (κ3) is 5.43. The number of aliphatic carboxylic acids is 1. The van der Waals surface area contributed by atoms with Crippen LogP contribution in [0.3, 0.4) is 0 Å². The van der Waals surface area contributed by atoms with Gasteiger partial charge in [-0.2, -0.15) is 0 Å². The van der Waals surface area contributed by atoms with Gasteiger partial charge in [0.1, 0.15) is 5.82 Å². The molecular weight excluding hydrogens is 237 g/mol. The molecule has 0 spiro atoms. The summed E-state index contributed by atoms with van der Waals surface area (Å²) in [7, 11) is 0. The van der Waals surface area contributed by atoms with Crippen LogP contribution >= 0.6 is 0 Å². The third-order valence-corrected chi connectivity index (χ3v) is 2.52. The summed E-state index contributed by atoms with van der Waals surface area (Å²) >= 11 is 0. The summed E-state index contributed by atoms with van der Waals surface area (Å²) in [5.41, 5.74) is 0.914. The van der Waals surface area contributed by atoms with Gasteiger partial charge >= 0.3 is 5.97 Å². The lowest BCUT2D eigenvalue weighted by Gasteiger charge is -2.15.